The van der Waals surface area contributed by atoms with Crippen molar-refractivity contribution in [2.45, 2.75) is 20.0 Å². The summed E-state index contributed by atoms with van der Waals surface area (Å²) < 4.78 is 28.4. The number of aryl methyl sites for hydroxylation is 1. The summed E-state index contributed by atoms with van der Waals surface area (Å²) in [5.74, 6) is -2.36. The third-order valence-corrected chi connectivity index (χ3v) is 5.03. The molecular weight excluding hydrogens is 430 g/mol. The number of rotatable bonds is 5. The molecule has 33 heavy (non-hydrogen) atoms. The van der Waals surface area contributed by atoms with E-state index < -0.39 is 23.6 Å². The van der Waals surface area contributed by atoms with E-state index in [4.69, 9.17) is 5.73 Å². The lowest BCUT2D eigenvalue weighted by Crippen LogP contribution is -2.21. The smallest absolute Gasteiger partial charge is 0.257 e. The van der Waals surface area contributed by atoms with Gasteiger partial charge in [-0.15, -0.1) is 0 Å². The average molecular weight is 450 g/mol. The molecule has 4 aromatic rings. The minimum Gasteiger partial charge on any atom is -0.382 e. The zero-order valence-electron chi connectivity index (χ0n) is 17.8. The standard InChI is InChI=1S/C23H20F2N6O2/c1-11(2)18-19-20(22(26)28-10-27-19)31(30-18)17-5-4-16(6-12(17)3)29-23(33)21(32)13-7-14(24)9-15(25)8-13/h4-10,21,32H,1H2,2-3H3,(H,29,33)(H2,26,27,28)/t21-/m1/s1. The topological polar surface area (TPSA) is 119 Å². The minimum atomic E-state index is -1.75. The summed E-state index contributed by atoms with van der Waals surface area (Å²) in [4.78, 5) is 20.8. The summed E-state index contributed by atoms with van der Waals surface area (Å²) >= 11 is 0. The van der Waals surface area contributed by atoms with Crippen molar-refractivity contribution >= 4 is 34.0 Å². The molecule has 2 aromatic heterocycles. The molecule has 168 valence electrons. The maximum Gasteiger partial charge on any atom is 0.257 e. The molecule has 0 radical (unpaired) electrons. The number of anilines is 2. The van der Waals surface area contributed by atoms with Crippen molar-refractivity contribution in [3.8, 4) is 5.69 Å². The fraction of sp³-hybridized carbons (Fsp3) is 0.130. The largest absolute Gasteiger partial charge is 0.382 e. The van der Waals surface area contributed by atoms with E-state index in [2.05, 4.69) is 27.0 Å². The van der Waals surface area contributed by atoms with Crippen molar-refractivity contribution in [3.05, 3.63) is 77.8 Å². The second kappa shape index (κ2) is 8.40. The summed E-state index contributed by atoms with van der Waals surface area (Å²) in [7, 11) is 0. The summed E-state index contributed by atoms with van der Waals surface area (Å²) in [5, 5.41) is 17.3. The number of fused-ring (bicyclic) bond motifs is 1. The lowest BCUT2D eigenvalue weighted by molar-refractivity contribution is -0.124. The van der Waals surface area contributed by atoms with Gasteiger partial charge in [-0.25, -0.2) is 23.4 Å². The molecule has 4 N–H and O–H groups in total. The van der Waals surface area contributed by atoms with E-state index in [0.717, 1.165) is 17.7 Å². The molecule has 0 aliphatic heterocycles. The van der Waals surface area contributed by atoms with Crippen LogP contribution in [0.5, 0.6) is 0 Å². The van der Waals surface area contributed by atoms with Crippen molar-refractivity contribution in [3.63, 3.8) is 0 Å². The number of carbonyl (C=O) groups excluding carboxylic acids is 1. The van der Waals surface area contributed by atoms with Crippen molar-refractivity contribution in [1.82, 2.24) is 19.7 Å². The van der Waals surface area contributed by atoms with Crippen molar-refractivity contribution in [1.29, 1.82) is 0 Å². The number of carbonyl (C=O) groups is 1. The Hall–Kier alpha value is -4.18. The van der Waals surface area contributed by atoms with Gasteiger partial charge in [-0.05, 0) is 60.9 Å². The van der Waals surface area contributed by atoms with Crippen LogP contribution in [-0.2, 0) is 4.79 Å². The molecular formula is C23H20F2N6O2. The van der Waals surface area contributed by atoms with E-state index in [0.29, 0.717) is 39.7 Å². The second-order valence-electron chi connectivity index (χ2n) is 7.59. The molecule has 0 aliphatic carbocycles. The average Bonchev–Trinajstić information content (AvgIpc) is 3.13. The van der Waals surface area contributed by atoms with Crippen molar-refractivity contribution in [2.75, 3.05) is 11.1 Å². The van der Waals surface area contributed by atoms with E-state index >= 15 is 0 Å². The van der Waals surface area contributed by atoms with Gasteiger partial charge in [-0.2, -0.15) is 5.10 Å². The highest BCUT2D eigenvalue weighted by Gasteiger charge is 2.21. The van der Waals surface area contributed by atoms with Gasteiger partial charge in [0.2, 0.25) is 0 Å². The van der Waals surface area contributed by atoms with Crippen LogP contribution >= 0.6 is 0 Å². The van der Waals surface area contributed by atoms with Crippen LogP contribution in [0.25, 0.3) is 22.3 Å². The Morgan fingerprint density at radius 2 is 1.88 bits per heavy atom. The molecule has 2 heterocycles. The van der Waals surface area contributed by atoms with E-state index in [1.807, 2.05) is 6.92 Å². The number of nitrogens with zero attached hydrogens (tertiary/aromatic N) is 4. The Kier molecular flexibility index (Phi) is 5.60. The maximum absolute atomic E-state index is 13.4. The molecule has 0 spiro atoms. The highest BCUT2D eigenvalue weighted by Crippen LogP contribution is 2.29. The first-order valence-corrected chi connectivity index (χ1v) is 9.86. The lowest BCUT2D eigenvalue weighted by atomic mass is 10.1. The molecule has 0 saturated carbocycles. The molecule has 0 aliphatic rings. The van der Waals surface area contributed by atoms with Gasteiger partial charge in [0, 0.05) is 11.8 Å². The highest BCUT2D eigenvalue weighted by molar-refractivity contribution is 5.95. The Bertz CT molecular complexity index is 1400. The molecule has 4 rings (SSSR count). The summed E-state index contributed by atoms with van der Waals surface area (Å²) in [6.45, 7) is 7.55. The molecule has 2 aromatic carbocycles. The number of hydrogen-bond acceptors (Lipinski definition) is 6. The molecule has 10 heteroatoms. The zero-order chi connectivity index (χ0) is 23.9. The van der Waals surface area contributed by atoms with Crippen molar-refractivity contribution in [2.24, 2.45) is 0 Å². The van der Waals surface area contributed by atoms with Crippen molar-refractivity contribution < 1.29 is 18.7 Å². The number of aliphatic hydroxyl groups is 1. The van der Waals surface area contributed by atoms with Gasteiger partial charge >= 0.3 is 0 Å². The van der Waals surface area contributed by atoms with Crippen LogP contribution in [-0.4, -0.2) is 30.8 Å². The molecule has 1 amide bonds. The summed E-state index contributed by atoms with van der Waals surface area (Å²) in [6.07, 6.45) is -0.391. The molecule has 8 nitrogen and oxygen atoms in total. The lowest BCUT2D eigenvalue weighted by Gasteiger charge is -2.14. The first-order valence-electron chi connectivity index (χ1n) is 9.86. The fourth-order valence-electron chi connectivity index (χ4n) is 3.50. The van der Waals surface area contributed by atoms with E-state index in [-0.39, 0.29) is 11.4 Å². The van der Waals surface area contributed by atoms with Crippen LogP contribution in [0.15, 0.2) is 49.3 Å². The fourth-order valence-corrected chi connectivity index (χ4v) is 3.50. The van der Waals surface area contributed by atoms with Gasteiger partial charge in [0.1, 0.15) is 34.7 Å². The number of hydrogen-bond donors (Lipinski definition) is 3. The Morgan fingerprint density at radius 3 is 2.52 bits per heavy atom. The Labute approximate surface area is 187 Å². The molecule has 1 atom stereocenters. The van der Waals surface area contributed by atoms with Crippen LogP contribution in [0, 0.1) is 18.6 Å². The highest BCUT2D eigenvalue weighted by atomic mass is 19.1. The number of aromatic nitrogens is 4. The zero-order valence-corrected chi connectivity index (χ0v) is 17.8. The first-order chi connectivity index (χ1) is 15.7. The SMILES string of the molecule is C=C(C)c1nn(-c2ccc(NC(=O)[C@H](O)c3cc(F)cc(F)c3)cc2C)c2c(N)ncnc12. The Morgan fingerprint density at radius 1 is 1.18 bits per heavy atom. The number of aliphatic hydroxyl groups excluding tert-OH is 1. The predicted molar refractivity (Wildman–Crippen MR) is 120 cm³/mol. The maximum atomic E-state index is 13.4. The molecule has 0 bridgehead atoms. The third-order valence-electron chi connectivity index (χ3n) is 5.03. The monoisotopic (exact) mass is 450 g/mol. The number of nitrogens with two attached hydrogens (primary N) is 1. The van der Waals surface area contributed by atoms with Crippen LogP contribution in [0.2, 0.25) is 0 Å². The number of halogens is 2. The number of nitrogens with one attached hydrogen (secondary N) is 1. The van der Waals surface area contributed by atoms with Gasteiger partial charge < -0.3 is 16.2 Å². The van der Waals surface area contributed by atoms with Gasteiger partial charge in [0.05, 0.1) is 5.69 Å². The molecule has 0 saturated heterocycles. The van der Waals surface area contributed by atoms with Crippen LogP contribution in [0.4, 0.5) is 20.3 Å². The van der Waals surface area contributed by atoms with E-state index in [9.17, 15) is 18.7 Å². The summed E-state index contributed by atoms with van der Waals surface area (Å²) in [5.41, 5.74) is 10.0. The van der Waals surface area contributed by atoms with Gasteiger partial charge in [-0.3, -0.25) is 4.79 Å². The third kappa shape index (κ3) is 4.15. The minimum absolute atomic E-state index is 0.191. The van der Waals surface area contributed by atoms with Gasteiger partial charge in [0.25, 0.3) is 5.91 Å². The number of allylic oxidation sites excluding steroid dienone is 1. The number of benzene rings is 2. The predicted octanol–water partition coefficient (Wildman–Crippen LogP) is 3.69. The van der Waals surface area contributed by atoms with E-state index in [1.165, 1.54) is 6.33 Å². The van der Waals surface area contributed by atoms with Gasteiger partial charge in [0.15, 0.2) is 11.9 Å². The van der Waals surface area contributed by atoms with Crippen LogP contribution < -0.4 is 11.1 Å². The quantitative estimate of drug-likeness (QED) is 0.427. The van der Waals surface area contributed by atoms with Crippen LogP contribution in [0.1, 0.15) is 29.8 Å². The van der Waals surface area contributed by atoms with E-state index in [1.54, 1.807) is 29.8 Å². The van der Waals surface area contributed by atoms with Crippen LogP contribution in [0.3, 0.4) is 0 Å². The van der Waals surface area contributed by atoms with Gasteiger partial charge in [-0.1, -0.05) is 6.58 Å². The number of nitrogen functional groups attached to an aromatic ring is 1. The summed E-state index contributed by atoms with van der Waals surface area (Å²) in [6, 6.07) is 7.44. The molecule has 0 unspecified atom stereocenters. The number of amides is 1. The first kappa shape index (κ1) is 22.0. The molecule has 0 fully saturated rings. The Balaban J connectivity index is 1.66. The second-order valence-corrected chi connectivity index (χ2v) is 7.59. The normalized spacial score (nSPS) is 12.0.